The lowest BCUT2D eigenvalue weighted by molar-refractivity contribution is 0.102. The molecule has 138 valence electrons. The fraction of sp³-hybridized carbons (Fsp3) is 0.476. The fourth-order valence-electron chi connectivity index (χ4n) is 3.36. The van der Waals surface area contributed by atoms with E-state index in [1.165, 1.54) is 0 Å². The quantitative estimate of drug-likeness (QED) is 0.886. The van der Waals surface area contributed by atoms with E-state index in [2.05, 4.69) is 47.0 Å². The van der Waals surface area contributed by atoms with Crippen molar-refractivity contribution in [3.63, 3.8) is 0 Å². The molecule has 1 aliphatic rings. The van der Waals surface area contributed by atoms with Crippen molar-refractivity contribution in [2.75, 3.05) is 23.3 Å². The van der Waals surface area contributed by atoms with Crippen molar-refractivity contribution >= 4 is 17.5 Å². The van der Waals surface area contributed by atoms with Gasteiger partial charge in [0.1, 0.15) is 5.69 Å². The van der Waals surface area contributed by atoms with Crippen LogP contribution in [0.3, 0.4) is 0 Å². The third-order valence-corrected chi connectivity index (χ3v) is 5.11. The average molecular weight is 352 g/mol. The molecule has 5 nitrogen and oxygen atoms in total. The Balaban J connectivity index is 1.80. The zero-order valence-electron chi connectivity index (χ0n) is 16.1. The standard InChI is InChI=1S/C21H28N4O/c1-14(2)17-7-5-6-16(4)19(17)24-20(26)18-8-11-22-21(23-18)25-12-9-15(3)10-13-25/h5-8,11,14-15H,9-10,12-13H2,1-4H3,(H,24,26). The molecule has 0 bridgehead atoms. The minimum atomic E-state index is -0.185. The number of nitrogens with zero attached hydrogens (tertiary/aromatic N) is 3. The molecule has 1 aliphatic heterocycles. The van der Waals surface area contributed by atoms with E-state index < -0.39 is 0 Å². The van der Waals surface area contributed by atoms with Gasteiger partial charge < -0.3 is 10.2 Å². The number of amides is 1. The predicted octanol–water partition coefficient (Wildman–Crippen LogP) is 4.40. The van der Waals surface area contributed by atoms with Crippen LogP contribution < -0.4 is 10.2 Å². The molecule has 1 N–H and O–H groups in total. The van der Waals surface area contributed by atoms with Crippen LogP contribution in [0.2, 0.25) is 0 Å². The number of aryl methyl sites for hydroxylation is 1. The van der Waals surface area contributed by atoms with E-state index in [-0.39, 0.29) is 5.91 Å². The maximum absolute atomic E-state index is 12.8. The van der Waals surface area contributed by atoms with E-state index >= 15 is 0 Å². The minimum absolute atomic E-state index is 0.185. The zero-order chi connectivity index (χ0) is 18.7. The van der Waals surface area contributed by atoms with E-state index in [0.29, 0.717) is 17.6 Å². The summed E-state index contributed by atoms with van der Waals surface area (Å²) in [5.74, 6) is 1.54. The molecule has 0 radical (unpaired) electrons. The number of benzene rings is 1. The minimum Gasteiger partial charge on any atom is -0.341 e. The van der Waals surface area contributed by atoms with E-state index in [0.717, 1.165) is 48.7 Å². The SMILES string of the molecule is Cc1cccc(C(C)C)c1NC(=O)c1ccnc(N2CCC(C)CC2)n1. The summed E-state index contributed by atoms with van der Waals surface area (Å²) in [6, 6.07) is 7.79. The van der Waals surface area contributed by atoms with Crippen molar-refractivity contribution in [3.8, 4) is 0 Å². The lowest BCUT2D eigenvalue weighted by atomic mass is 9.98. The Bertz CT molecular complexity index is 779. The van der Waals surface area contributed by atoms with Crippen LogP contribution in [0, 0.1) is 12.8 Å². The highest BCUT2D eigenvalue weighted by Gasteiger charge is 2.20. The van der Waals surface area contributed by atoms with E-state index in [1.807, 2.05) is 19.1 Å². The molecule has 2 aromatic rings. The van der Waals surface area contributed by atoms with Crippen LogP contribution in [0.15, 0.2) is 30.5 Å². The van der Waals surface area contributed by atoms with Gasteiger partial charge in [-0.2, -0.15) is 0 Å². The second-order valence-corrected chi connectivity index (χ2v) is 7.56. The van der Waals surface area contributed by atoms with E-state index in [1.54, 1.807) is 12.3 Å². The summed E-state index contributed by atoms with van der Waals surface area (Å²) in [4.78, 5) is 23.9. The summed E-state index contributed by atoms with van der Waals surface area (Å²) in [7, 11) is 0. The van der Waals surface area contributed by atoms with Gasteiger partial charge in [0.15, 0.2) is 0 Å². The first-order valence-corrected chi connectivity index (χ1v) is 9.44. The van der Waals surface area contributed by atoms with Gasteiger partial charge in [0.2, 0.25) is 5.95 Å². The molecule has 0 atom stereocenters. The maximum atomic E-state index is 12.8. The number of hydrogen-bond acceptors (Lipinski definition) is 4. The van der Waals surface area contributed by atoms with Crippen molar-refractivity contribution in [2.45, 2.75) is 46.5 Å². The van der Waals surface area contributed by atoms with Gasteiger partial charge in [0.25, 0.3) is 5.91 Å². The molecule has 3 rings (SSSR count). The molecule has 0 aliphatic carbocycles. The molecule has 0 unspecified atom stereocenters. The Kier molecular flexibility index (Phi) is 5.55. The van der Waals surface area contributed by atoms with Crippen LogP contribution in [0.5, 0.6) is 0 Å². The average Bonchev–Trinajstić information content (AvgIpc) is 2.64. The van der Waals surface area contributed by atoms with Crippen LogP contribution in [-0.4, -0.2) is 29.0 Å². The number of anilines is 2. The molecule has 5 heteroatoms. The van der Waals surface area contributed by atoms with Gasteiger partial charge in [0.05, 0.1) is 0 Å². The Hall–Kier alpha value is -2.43. The highest BCUT2D eigenvalue weighted by molar-refractivity contribution is 6.03. The Morgan fingerprint density at radius 1 is 1.23 bits per heavy atom. The maximum Gasteiger partial charge on any atom is 0.274 e. The fourth-order valence-corrected chi connectivity index (χ4v) is 3.36. The van der Waals surface area contributed by atoms with Crippen molar-refractivity contribution in [1.29, 1.82) is 0 Å². The normalized spacial score (nSPS) is 15.3. The van der Waals surface area contributed by atoms with Gasteiger partial charge in [-0.15, -0.1) is 0 Å². The number of para-hydroxylation sites is 1. The summed E-state index contributed by atoms with van der Waals surface area (Å²) in [6.45, 7) is 10.4. The molecule has 1 fully saturated rings. The van der Waals surface area contributed by atoms with Crippen molar-refractivity contribution in [1.82, 2.24) is 9.97 Å². The number of nitrogens with one attached hydrogen (secondary N) is 1. The van der Waals surface area contributed by atoms with Crippen LogP contribution in [0.25, 0.3) is 0 Å². The number of carbonyl (C=O) groups excluding carboxylic acids is 1. The lowest BCUT2D eigenvalue weighted by Gasteiger charge is -2.30. The molecule has 1 aromatic carbocycles. The van der Waals surface area contributed by atoms with Gasteiger partial charge in [-0.05, 0) is 48.8 Å². The number of piperidine rings is 1. The first-order valence-electron chi connectivity index (χ1n) is 9.44. The second kappa shape index (κ2) is 7.85. The lowest BCUT2D eigenvalue weighted by Crippen LogP contribution is -2.34. The first kappa shape index (κ1) is 18.4. The highest BCUT2D eigenvalue weighted by atomic mass is 16.1. The van der Waals surface area contributed by atoms with Crippen LogP contribution in [0.4, 0.5) is 11.6 Å². The van der Waals surface area contributed by atoms with Gasteiger partial charge >= 0.3 is 0 Å². The Morgan fingerprint density at radius 2 is 1.96 bits per heavy atom. The summed E-state index contributed by atoms with van der Waals surface area (Å²) < 4.78 is 0. The zero-order valence-corrected chi connectivity index (χ0v) is 16.1. The largest absolute Gasteiger partial charge is 0.341 e. The van der Waals surface area contributed by atoms with E-state index in [9.17, 15) is 4.79 Å². The summed E-state index contributed by atoms with van der Waals surface area (Å²) in [5, 5.41) is 3.07. The summed E-state index contributed by atoms with van der Waals surface area (Å²) >= 11 is 0. The second-order valence-electron chi connectivity index (χ2n) is 7.56. The monoisotopic (exact) mass is 352 g/mol. The van der Waals surface area contributed by atoms with Gasteiger partial charge in [-0.1, -0.05) is 39.0 Å². The molecule has 26 heavy (non-hydrogen) atoms. The topological polar surface area (TPSA) is 58.1 Å². The molecule has 0 spiro atoms. The van der Waals surface area contributed by atoms with Gasteiger partial charge in [-0.25, -0.2) is 9.97 Å². The van der Waals surface area contributed by atoms with Crippen molar-refractivity contribution < 1.29 is 4.79 Å². The van der Waals surface area contributed by atoms with Crippen molar-refractivity contribution in [3.05, 3.63) is 47.3 Å². The molecule has 1 saturated heterocycles. The Morgan fingerprint density at radius 3 is 2.65 bits per heavy atom. The van der Waals surface area contributed by atoms with Gasteiger partial charge in [0, 0.05) is 25.0 Å². The highest BCUT2D eigenvalue weighted by Crippen LogP contribution is 2.28. The van der Waals surface area contributed by atoms with Crippen LogP contribution >= 0.6 is 0 Å². The molecule has 0 saturated carbocycles. The van der Waals surface area contributed by atoms with E-state index in [4.69, 9.17) is 0 Å². The molecule has 2 heterocycles. The number of rotatable bonds is 4. The summed E-state index contributed by atoms with van der Waals surface area (Å²) in [5.41, 5.74) is 3.49. The molecule has 1 amide bonds. The third kappa shape index (κ3) is 4.03. The van der Waals surface area contributed by atoms with Crippen LogP contribution in [0.1, 0.15) is 61.1 Å². The number of aromatic nitrogens is 2. The van der Waals surface area contributed by atoms with Crippen molar-refractivity contribution in [2.24, 2.45) is 5.92 Å². The summed E-state index contributed by atoms with van der Waals surface area (Å²) in [6.07, 6.45) is 3.96. The predicted molar refractivity (Wildman–Crippen MR) is 106 cm³/mol. The number of carbonyl (C=O) groups is 1. The smallest absolute Gasteiger partial charge is 0.274 e. The third-order valence-electron chi connectivity index (χ3n) is 5.11. The number of hydrogen-bond donors (Lipinski definition) is 1. The first-order chi connectivity index (χ1) is 12.5. The van der Waals surface area contributed by atoms with Crippen LogP contribution in [-0.2, 0) is 0 Å². The molecular weight excluding hydrogens is 324 g/mol. The van der Waals surface area contributed by atoms with Gasteiger partial charge in [-0.3, -0.25) is 4.79 Å². The molecule has 1 aromatic heterocycles. The Labute approximate surface area is 155 Å². The molecular formula is C21H28N4O.